The Hall–Kier alpha value is -0.310. The predicted molar refractivity (Wildman–Crippen MR) is 94.7 cm³/mol. The van der Waals surface area contributed by atoms with Crippen molar-refractivity contribution in [1.82, 2.24) is 0 Å². The molecule has 0 spiro atoms. The Morgan fingerprint density at radius 2 is 1.45 bits per heavy atom. The van der Waals surface area contributed by atoms with Crippen molar-refractivity contribution in [3.8, 4) is 0 Å². The molecule has 0 fully saturated rings. The molecule has 20 heavy (non-hydrogen) atoms. The van der Waals surface area contributed by atoms with Crippen LogP contribution in [0.4, 0.5) is 0 Å². The van der Waals surface area contributed by atoms with Gasteiger partial charge in [-0.25, -0.2) is 0 Å². The second-order valence-electron chi connectivity index (χ2n) is 4.80. The van der Waals surface area contributed by atoms with Crippen LogP contribution in [0.3, 0.4) is 0 Å². The smallest absolute Gasteiger partial charge is 0.0836 e. The fraction of sp³-hybridized carbons (Fsp3) is 0.294. The van der Waals surface area contributed by atoms with Crippen LogP contribution in [-0.2, 0) is 12.8 Å². The van der Waals surface area contributed by atoms with E-state index in [2.05, 4.69) is 76.0 Å². The Bertz CT molecular complexity index is 588. The van der Waals surface area contributed by atoms with Gasteiger partial charge in [0, 0.05) is 8.95 Å². The first-order valence-electron chi connectivity index (χ1n) is 6.76. The minimum atomic E-state index is -0.125. The molecule has 0 radical (unpaired) electrons. The van der Waals surface area contributed by atoms with Gasteiger partial charge in [-0.15, -0.1) is 11.6 Å². The zero-order valence-electron chi connectivity index (χ0n) is 11.6. The summed E-state index contributed by atoms with van der Waals surface area (Å²) in [4.78, 5) is 0. The van der Waals surface area contributed by atoms with Gasteiger partial charge in [0.05, 0.1) is 5.38 Å². The van der Waals surface area contributed by atoms with E-state index in [1.807, 2.05) is 6.07 Å². The summed E-state index contributed by atoms with van der Waals surface area (Å²) < 4.78 is 2.07. The molecular formula is C17H17Br2Cl. The van der Waals surface area contributed by atoms with Crippen LogP contribution in [0.2, 0.25) is 0 Å². The molecule has 0 saturated heterocycles. The second-order valence-corrected chi connectivity index (χ2v) is 7.07. The Morgan fingerprint density at radius 1 is 0.850 bits per heavy atom. The van der Waals surface area contributed by atoms with E-state index in [0.717, 1.165) is 32.9 Å². The normalized spacial score (nSPS) is 12.4. The first-order valence-corrected chi connectivity index (χ1v) is 8.79. The van der Waals surface area contributed by atoms with Crippen molar-refractivity contribution in [3.05, 3.63) is 67.6 Å². The summed E-state index contributed by atoms with van der Waals surface area (Å²) in [5, 5.41) is -0.125. The van der Waals surface area contributed by atoms with Crippen molar-refractivity contribution in [1.29, 1.82) is 0 Å². The zero-order valence-corrected chi connectivity index (χ0v) is 15.5. The topological polar surface area (TPSA) is 0 Å². The Labute approximate surface area is 142 Å². The fourth-order valence-electron chi connectivity index (χ4n) is 2.39. The molecule has 0 saturated carbocycles. The zero-order chi connectivity index (χ0) is 14.7. The maximum atomic E-state index is 6.66. The molecule has 1 unspecified atom stereocenters. The van der Waals surface area contributed by atoms with Crippen LogP contribution in [0.25, 0.3) is 0 Å². The van der Waals surface area contributed by atoms with Crippen LogP contribution in [0.15, 0.2) is 45.3 Å². The van der Waals surface area contributed by atoms with Gasteiger partial charge in [0.1, 0.15) is 0 Å². The van der Waals surface area contributed by atoms with E-state index in [4.69, 9.17) is 11.6 Å². The van der Waals surface area contributed by atoms with Gasteiger partial charge in [-0.3, -0.25) is 0 Å². The number of halogens is 3. The second kappa shape index (κ2) is 7.11. The molecule has 0 nitrogen and oxygen atoms in total. The molecular weight excluding hydrogens is 399 g/mol. The van der Waals surface area contributed by atoms with Gasteiger partial charge in [-0.1, -0.05) is 63.9 Å². The number of aryl methyl sites for hydroxylation is 2. The van der Waals surface area contributed by atoms with Crippen LogP contribution in [-0.4, -0.2) is 0 Å². The standard InChI is InChI=1S/C17H17Br2Cl/c1-3-11-5-6-13(7-12(11)4-2)17(20)14-8-15(18)10-16(19)9-14/h5-10,17H,3-4H2,1-2H3. The summed E-state index contributed by atoms with van der Waals surface area (Å²) >= 11 is 13.7. The monoisotopic (exact) mass is 414 g/mol. The molecule has 0 N–H and O–H groups in total. The van der Waals surface area contributed by atoms with Crippen LogP contribution < -0.4 is 0 Å². The lowest BCUT2D eigenvalue weighted by atomic mass is 9.96. The fourth-order valence-corrected chi connectivity index (χ4v) is 3.98. The molecule has 0 bridgehead atoms. The lowest BCUT2D eigenvalue weighted by Crippen LogP contribution is -1.98. The van der Waals surface area contributed by atoms with E-state index in [9.17, 15) is 0 Å². The maximum absolute atomic E-state index is 6.66. The van der Waals surface area contributed by atoms with Gasteiger partial charge >= 0.3 is 0 Å². The molecule has 3 heteroatoms. The summed E-state index contributed by atoms with van der Waals surface area (Å²) in [6.07, 6.45) is 2.11. The van der Waals surface area contributed by atoms with Gasteiger partial charge in [0.2, 0.25) is 0 Å². The molecule has 0 aromatic heterocycles. The summed E-state index contributed by atoms with van der Waals surface area (Å²) in [5.41, 5.74) is 5.06. The molecule has 0 amide bonds. The van der Waals surface area contributed by atoms with E-state index >= 15 is 0 Å². The highest BCUT2D eigenvalue weighted by Crippen LogP contribution is 2.33. The third-order valence-electron chi connectivity index (χ3n) is 3.46. The van der Waals surface area contributed by atoms with Crippen molar-refractivity contribution in [2.45, 2.75) is 32.1 Å². The number of rotatable bonds is 4. The van der Waals surface area contributed by atoms with Gasteiger partial charge in [-0.2, -0.15) is 0 Å². The first kappa shape index (κ1) is 16.1. The number of hydrogen-bond acceptors (Lipinski definition) is 0. The molecule has 1 atom stereocenters. The van der Waals surface area contributed by atoms with E-state index in [1.54, 1.807) is 0 Å². The third kappa shape index (κ3) is 3.66. The average Bonchev–Trinajstić information content (AvgIpc) is 2.44. The molecule has 0 aliphatic rings. The SMILES string of the molecule is CCc1ccc(C(Cl)c2cc(Br)cc(Br)c2)cc1CC. The van der Waals surface area contributed by atoms with Crippen molar-refractivity contribution < 1.29 is 0 Å². The molecule has 2 aromatic carbocycles. The number of benzene rings is 2. The van der Waals surface area contributed by atoms with E-state index in [1.165, 1.54) is 11.1 Å². The van der Waals surface area contributed by atoms with Gasteiger partial charge in [0.15, 0.2) is 0 Å². The quantitative estimate of drug-likeness (QED) is 0.489. The van der Waals surface area contributed by atoms with Crippen LogP contribution >= 0.6 is 43.5 Å². The van der Waals surface area contributed by atoms with Crippen LogP contribution in [0.5, 0.6) is 0 Å². The molecule has 2 aromatic rings. The summed E-state index contributed by atoms with van der Waals surface area (Å²) in [7, 11) is 0. The van der Waals surface area contributed by atoms with Gasteiger partial charge in [-0.05, 0) is 53.3 Å². The Kier molecular flexibility index (Phi) is 5.71. The molecule has 2 rings (SSSR count). The minimum absolute atomic E-state index is 0.125. The largest absolute Gasteiger partial charge is 0.113 e. The minimum Gasteiger partial charge on any atom is -0.113 e. The number of alkyl halides is 1. The molecule has 0 aliphatic carbocycles. The molecule has 0 heterocycles. The van der Waals surface area contributed by atoms with Crippen molar-refractivity contribution in [2.75, 3.05) is 0 Å². The van der Waals surface area contributed by atoms with Crippen molar-refractivity contribution >= 4 is 43.5 Å². The van der Waals surface area contributed by atoms with Crippen LogP contribution in [0.1, 0.15) is 41.5 Å². The van der Waals surface area contributed by atoms with Gasteiger partial charge in [0.25, 0.3) is 0 Å². The predicted octanol–water partition coefficient (Wildman–Crippen LogP) is 6.66. The van der Waals surface area contributed by atoms with Crippen molar-refractivity contribution in [2.24, 2.45) is 0 Å². The van der Waals surface area contributed by atoms with Gasteiger partial charge < -0.3 is 0 Å². The van der Waals surface area contributed by atoms with E-state index in [0.29, 0.717) is 0 Å². The maximum Gasteiger partial charge on any atom is 0.0836 e. The van der Waals surface area contributed by atoms with E-state index < -0.39 is 0 Å². The van der Waals surface area contributed by atoms with Crippen molar-refractivity contribution in [3.63, 3.8) is 0 Å². The third-order valence-corrected chi connectivity index (χ3v) is 4.88. The van der Waals surface area contributed by atoms with Crippen LogP contribution in [0, 0.1) is 0 Å². The Morgan fingerprint density at radius 3 is 2.00 bits per heavy atom. The first-order chi connectivity index (χ1) is 9.55. The van der Waals surface area contributed by atoms with E-state index in [-0.39, 0.29) is 5.38 Å². The summed E-state index contributed by atoms with van der Waals surface area (Å²) in [6.45, 7) is 4.38. The highest BCUT2D eigenvalue weighted by molar-refractivity contribution is 9.11. The Balaban J connectivity index is 2.39. The highest BCUT2D eigenvalue weighted by atomic mass is 79.9. The lowest BCUT2D eigenvalue weighted by molar-refractivity contribution is 1.02. The summed E-state index contributed by atoms with van der Waals surface area (Å²) in [5.74, 6) is 0. The molecule has 106 valence electrons. The molecule has 0 aliphatic heterocycles. The summed E-state index contributed by atoms with van der Waals surface area (Å²) in [6, 6.07) is 12.8. The highest BCUT2D eigenvalue weighted by Gasteiger charge is 2.13. The lowest BCUT2D eigenvalue weighted by Gasteiger charge is -2.15. The average molecular weight is 417 g/mol. The number of hydrogen-bond donors (Lipinski definition) is 0.